The minimum Gasteiger partial charge on any atom is -0.340 e. The lowest BCUT2D eigenvalue weighted by Crippen LogP contribution is -2.43. The van der Waals surface area contributed by atoms with Crippen LogP contribution in [0, 0.1) is 11.8 Å². The zero-order valence-corrected chi connectivity index (χ0v) is 12.0. The van der Waals surface area contributed by atoms with Gasteiger partial charge in [0.1, 0.15) is 0 Å². The molecule has 0 aromatic heterocycles. The quantitative estimate of drug-likeness (QED) is 0.745. The van der Waals surface area contributed by atoms with Gasteiger partial charge in [0.15, 0.2) is 0 Å². The third kappa shape index (κ3) is 3.67. The Labute approximate surface area is 114 Å². The summed E-state index contributed by atoms with van der Waals surface area (Å²) in [5.74, 6) is -2.68. The highest BCUT2D eigenvalue weighted by Gasteiger charge is 2.56. The zero-order valence-electron chi connectivity index (χ0n) is 12.0. The van der Waals surface area contributed by atoms with Gasteiger partial charge in [-0.15, -0.1) is 0 Å². The van der Waals surface area contributed by atoms with Crippen LogP contribution in [0.4, 0.5) is 8.78 Å². The van der Waals surface area contributed by atoms with Crippen LogP contribution in [-0.4, -0.2) is 29.3 Å². The van der Waals surface area contributed by atoms with E-state index in [9.17, 15) is 13.6 Å². The first kappa shape index (κ1) is 14.7. The lowest BCUT2D eigenvalue weighted by molar-refractivity contribution is -0.136. The molecule has 2 rings (SSSR count). The van der Waals surface area contributed by atoms with Crippen molar-refractivity contribution in [1.29, 1.82) is 0 Å². The Morgan fingerprint density at radius 3 is 2.68 bits per heavy atom. The number of carbonyl (C=O) groups excluding carboxylic acids is 1. The molecule has 0 aromatic rings. The second-order valence-corrected chi connectivity index (χ2v) is 6.35. The molecule has 2 nitrogen and oxygen atoms in total. The van der Waals surface area contributed by atoms with Crippen LogP contribution in [0.5, 0.6) is 0 Å². The normalized spacial score (nSPS) is 31.1. The molecule has 3 unspecified atom stereocenters. The van der Waals surface area contributed by atoms with Crippen molar-refractivity contribution >= 4 is 5.91 Å². The molecular weight excluding hydrogens is 248 g/mol. The van der Waals surface area contributed by atoms with Gasteiger partial charge in [-0.1, -0.05) is 13.8 Å². The van der Waals surface area contributed by atoms with Crippen LogP contribution >= 0.6 is 0 Å². The number of likely N-dealkylation sites (tertiary alicyclic amines) is 1. The second kappa shape index (κ2) is 5.76. The molecule has 1 saturated carbocycles. The van der Waals surface area contributed by atoms with Crippen LogP contribution in [0.25, 0.3) is 0 Å². The molecule has 0 N–H and O–H groups in total. The molecule has 1 aliphatic heterocycles. The van der Waals surface area contributed by atoms with E-state index in [1.54, 1.807) is 0 Å². The Bertz CT molecular complexity index is 332. The van der Waals surface area contributed by atoms with Crippen molar-refractivity contribution in [3.63, 3.8) is 0 Å². The minimum atomic E-state index is -2.45. The van der Waals surface area contributed by atoms with Crippen LogP contribution in [0.3, 0.4) is 0 Å². The molecule has 1 aliphatic carbocycles. The summed E-state index contributed by atoms with van der Waals surface area (Å²) in [7, 11) is 0. The maximum absolute atomic E-state index is 12.9. The molecule has 4 heteroatoms. The van der Waals surface area contributed by atoms with Crippen molar-refractivity contribution in [3.05, 3.63) is 0 Å². The van der Waals surface area contributed by atoms with E-state index < -0.39 is 11.8 Å². The first-order valence-electron chi connectivity index (χ1n) is 7.61. The van der Waals surface area contributed by atoms with E-state index in [2.05, 4.69) is 6.92 Å². The van der Waals surface area contributed by atoms with Crippen molar-refractivity contribution in [2.45, 2.75) is 70.8 Å². The van der Waals surface area contributed by atoms with Gasteiger partial charge in [0.2, 0.25) is 5.91 Å². The van der Waals surface area contributed by atoms with E-state index in [0.29, 0.717) is 18.9 Å². The molecule has 0 aromatic carbocycles. The average molecular weight is 273 g/mol. The summed E-state index contributed by atoms with van der Waals surface area (Å²) in [4.78, 5) is 14.3. The van der Waals surface area contributed by atoms with Crippen molar-refractivity contribution in [2.24, 2.45) is 11.8 Å². The van der Waals surface area contributed by atoms with Gasteiger partial charge in [-0.2, -0.15) is 0 Å². The topological polar surface area (TPSA) is 20.3 Å². The van der Waals surface area contributed by atoms with Gasteiger partial charge in [0, 0.05) is 31.3 Å². The molecule has 1 amide bonds. The maximum atomic E-state index is 12.9. The predicted octanol–water partition coefficient (Wildman–Crippen LogP) is 3.85. The molecule has 1 saturated heterocycles. The molecule has 1 heterocycles. The van der Waals surface area contributed by atoms with Gasteiger partial charge in [-0.05, 0) is 38.0 Å². The minimum absolute atomic E-state index is 0.0207. The van der Waals surface area contributed by atoms with E-state index in [1.165, 1.54) is 6.42 Å². The highest BCUT2D eigenvalue weighted by Crippen LogP contribution is 2.52. The van der Waals surface area contributed by atoms with Crippen molar-refractivity contribution in [2.75, 3.05) is 6.54 Å². The van der Waals surface area contributed by atoms with Gasteiger partial charge in [-0.3, -0.25) is 4.79 Å². The number of nitrogens with zero attached hydrogens (tertiary/aromatic N) is 1. The monoisotopic (exact) mass is 273 g/mol. The SMILES string of the molecule is CCC1CCCCN1C(=O)CC(C)CC1CC1(F)F. The molecule has 0 bridgehead atoms. The number of hydrogen-bond acceptors (Lipinski definition) is 1. The molecular formula is C15H25F2NO. The highest BCUT2D eigenvalue weighted by molar-refractivity contribution is 5.76. The summed E-state index contributed by atoms with van der Waals surface area (Å²) < 4.78 is 25.7. The van der Waals surface area contributed by atoms with Crippen molar-refractivity contribution < 1.29 is 13.6 Å². The Morgan fingerprint density at radius 2 is 2.11 bits per heavy atom. The fourth-order valence-corrected chi connectivity index (χ4v) is 3.26. The van der Waals surface area contributed by atoms with Gasteiger partial charge < -0.3 is 4.90 Å². The number of carbonyl (C=O) groups is 1. The van der Waals surface area contributed by atoms with Crippen LogP contribution in [0.15, 0.2) is 0 Å². The molecule has 19 heavy (non-hydrogen) atoms. The third-order valence-electron chi connectivity index (χ3n) is 4.58. The summed E-state index contributed by atoms with van der Waals surface area (Å²) in [6, 6.07) is 0.371. The number of alkyl halides is 2. The second-order valence-electron chi connectivity index (χ2n) is 6.35. The molecule has 2 fully saturated rings. The third-order valence-corrected chi connectivity index (χ3v) is 4.58. The summed E-state index contributed by atoms with van der Waals surface area (Å²) in [6.45, 7) is 4.89. The molecule has 0 spiro atoms. The van der Waals surface area contributed by atoms with Gasteiger partial charge in [0.25, 0.3) is 5.92 Å². The van der Waals surface area contributed by atoms with E-state index in [-0.39, 0.29) is 18.2 Å². The Hall–Kier alpha value is -0.670. The summed E-state index contributed by atoms with van der Waals surface area (Å²) in [5.41, 5.74) is 0. The fraction of sp³-hybridized carbons (Fsp3) is 0.933. The number of halogens is 2. The standard InChI is InChI=1S/C15H25F2NO/c1-3-13-6-4-5-7-18(13)14(19)9-11(2)8-12-10-15(12,16)17/h11-13H,3-10H2,1-2H3. The van der Waals surface area contributed by atoms with E-state index in [4.69, 9.17) is 0 Å². The highest BCUT2D eigenvalue weighted by atomic mass is 19.3. The van der Waals surface area contributed by atoms with Crippen LogP contribution in [0.2, 0.25) is 0 Å². The number of piperidine rings is 1. The Kier molecular flexibility index (Phi) is 4.46. The first-order valence-corrected chi connectivity index (χ1v) is 7.61. The molecule has 2 aliphatic rings. The van der Waals surface area contributed by atoms with Crippen molar-refractivity contribution in [1.82, 2.24) is 4.90 Å². The summed E-state index contributed by atoms with van der Waals surface area (Å²) >= 11 is 0. The average Bonchev–Trinajstić information content (AvgIpc) is 2.95. The molecule has 3 atom stereocenters. The van der Waals surface area contributed by atoms with E-state index in [0.717, 1.165) is 25.8 Å². The lowest BCUT2D eigenvalue weighted by atomic mass is 9.96. The van der Waals surface area contributed by atoms with Gasteiger partial charge >= 0.3 is 0 Å². The molecule has 0 radical (unpaired) electrons. The van der Waals surface area contributed by atoms with Crippen molar-refractivity contribution in [3.8, 4) is 0 Å². The van der Waals surface area contributed by atoms with Crippen LogP contribution in [0.1, 0.15) is 58.8 Å². The summed E-state index contributed by atoms with van der Waals surface area (Å²) in [6.07, 6.45) is 5.32. The van der Waals surface area contributed by atoms with Crippen LogP contribution in [-0.2, 0) is 4.79 Å². The zero-order chi connectivity index (χ0) is 14.0. The van der Waals surface area contributed by atoms with Crippen LogP contribution < -0.4 is 0 Å². The number of hydrogen-bond donors (Lipinski definition) is 0. The Balaban J connectivity index is 1.79. The molecule has 110 valence electrons. The maximum Gasteiger partial charge on any atom is 0.251 e. The van der Waals surface area contributed by atoms with E-state index >= 15 is 0 Å². The number of rotatable bonds is 5. The fourth-order valence-electron chi connectivity index (χ4n) is 3.26. The van der Waals surface area contributed by atoms with Gasteiger partial charge in [0.05, 0.1) is 0 Å². The Morgan fingerprint density at radius 1 is 1.42 bits per heavy atom. The smallest absolute Gasteiger partial charge is 0.251 e. The van der Waals surface area contributed by atoms with E-state index in [1.807, 2.05) is 11.8 Å². The first-order chi connectivity index (χ1) is 8.94. The number of amides is 1. The lowest BCUT2D eigenvalue weighted by Gasteiger charge is -2.36. The van der Waals surface area contributed by atoms with Gasteiger partial charge in [-0.25, -0.2) is 8.78 Å². The summed E-state index contributed by atoms with van der Waals surface area (Å²) in [5, 5.41) is 0. The predicted molar refractivity (Wildman–Crippen MR) is 71.1 cm³/mol. The largest absolute Gasteiger partial charge is 0.340 e.